The van der Waals surface area contributed by atoms with Crippen molar-refractivity contribution in [1.82, 2.24) is 0 Å². The lowest BCUT2D eigenvalue weighted by Crippen LogP contribution is -2.31. The smallest absolute Gasteiger partial charge is 0.181 e. The number of ether oxygens (including phenoxy) is 1. The molecule has 5 heteroatoms. The van der Waals surface area contributed by atoms with Gasteiger partial charge in [-0.2, -0.15) is 0 Å². The monoisotopic (exact) mass is 380 g/mol. The van der Waals surface area contributed by atoms with Gasteiger partial charge in [-0.25, -0.2) is 0 Å². The number of epoxide rings is 1. The summed E-state index contributed by atoms with van der Waals surface area (Å²) in [6.45, 7) is 2.31. The molecule has 0 radical (unpaired) electrons. The molecule has 1 aliphatic heterocycles. The largest absolute Gasteiger partial charge is 0.362 e. The second kappa shape index (κ2) is 5.00. The van der Waals surface area contributed by atoms with Crippen LogP contribution < -0.4 is 0 Å². The SMILES string of the molecule is C[C@@]1(C(=O)[C@H](Br)[C@H](Br)c2cccc(Cl)c2)CO1. The molecule has 0 aliphatic carbocycles. The number of benzene rings is 1. The molecule has 2 nitrogen and oxygen atoms in total. The molecular formula is C12H11Br2ClO2. The third kappa shape index (κ3) is 2.92. The van der Waals surface area contributed by atoms with Crippen LogP contribution in [0, 0.1) is 0 Å². The number of hydrogen-bond donors (Lipinski definition) is 0. The minimum atomic E-state index is -0.612. The van der Waals surface area contributed by atoms with Crippen molar-refractivity contribution in [2.75, 3.05) is 6.61 Å². The maximum atomic E-state index is 12.1. The molecule has 0 bridgehead atoms. The molecule has 1 aliphatic rings. The molecule has 1 fully saturated rings. The van der Waals surface area contributed by atoms with Gasteiger partial charge in [-0.1, -0.05) is 55.6 Å². The summed E-state index contributed by atoms with van der Waals surface area (Å²) in [6, 6.07) is 7.45. The molecule has 92 valence electrons. The Hall–Kier alpha value is 0.1000. The number of alkyl halides is 2. The van der Waals surface area contributed by atoms with E-state index in [1.54, 1.807) is 13.0 Å². The molecule has 1 aromatic carbocycles. The number of carbonyl (C=O) groups is 1. The van der Waals surface area contributed by atoms with Crippen LogP contribution in [0.3, 0.4) is 0 Å². The van der Waals surface area contributed by atoms with E-state index in [2.05, 4.69) is 31.9 Å². The molecular weight excluding hydrogens is 371 g/mol. The van der Waals surface area contributed by atoms with Gasteiger partial charge >= 0.3 is 0 Å². The zero-order valence-electron chi connectivity index (χ0n) is 9.12. The molecule has 0 saturated carbocycles. The Labute approximate surface area is 122 Å². The number of rotatable bonds is 4. The van der Waals surface area contributed by atoms with E-state index in [1.165, 1.54) is 0 Å². The van der Waals surface area contributed by atoms with E-state index in [9.17, 15) is 4.79 Å². The van der Waals surface area contributed by atoms with Crippen molar-refractivity contribution in [2.45, 2.75) is 22.2 Å². The molecule has 3 atom stereocenters. The summed E-state index contributed by atoms with van der Waals surface area (Å²) in [5.41, 5.74) is 0.357. The molecule has 0 aromatic heterocycles. The van der Waals surface area contributed by atoms with Gasteiger partial charge in [-0.05, 0) is 24.6 Å². The van der Waals surface area contributed by atoms with Gasteiger partial charge in [0, 0.05) is 5.02 Å². The van der Waals surface area contributed by atoms with Crippen molar-refractivity contribution in [3.63, 3.8) is 0 Å². The van der Waals surface area contributed by atoms with Gasteiger partial charge in [0.15, 0.2) is 5.78 Å². The summed E-state index contributed by atoms with van der Waals surface area (Å²) >= 11 is 12.9. The van der Waals surface area contributed by atoms with Crippen LogP contribution in [0.4, 0.5) is 0 Å². The van der Waals surface area contributed by atoms with Gasteiger partial charge in [-0.15, -0.1) is 0 Å². The summed E-state index contributed by atoms with van der Waals surface area (Å²) in [7, 11) is 0. The first-order valence-corrected chi connectivity index (χ1v) is 7.37. The first-order valence-electron chi connectivity index (χ1n) is 5.16. The summed E-state index contributed by atoms with van der Waals surface area (Å²) in [4.78, 5) is 11.7. The lowest BCUT2D eigenvalue weighted by Gasteiger charge is -2.18. The first kappa shape index (κ1) is 13.5. The predicted octanol–water partition coefficient (Wildman–Crippen LogP) is 3.90. The quantitative estimate of drug-likeness (QED) is 0.584. The normalized spacial score (nSPS) is 26.4. The van der Waals surface area contributed by atoms with Crippen LogP contribution >= 0.6 is 43.5 Å². The van der Waals surface area contributed by atoms with E-state index < -0.39 is 5.60 Å². The van der Waals surface area contributed by atoms with Gasteiger partial charge in [-0.3, -0.25) is 4.79 Å². The van der Waals surface area contributed by atoms with Crippen LogP contribution in [-0.2, 0) is 9.53 Å². The molecule has 0 spiro atoms. The minimum Gasteiger partial charge on any atom is -0.362 e. The molecule has 0 amide bonds. The summed E-state index contributed by atoms with van der Waals surface area (Å²) in [5, 5.41) is 0.660. The molecule has 2 rings (SSSR count). The second-order valence-electron chi connectivity index (χ2n) is 4.24. The minimum absolute atomic E-state index is 0.0550. The van der Waals surface area contributed by atoms with Crippen LogP contribution in [0.25, 0.3) is 0 Å². The lowest BCUT2D eigenvalue weighted by atomic mass is 10.00. The first-order chi connectivity index (χ1) is 7.94. The zero-order chi connectivity index (χ0) is 12.6. The number of ketones is 1. The highest BCUT2D eigenvalue weighted by atomic mass is 79.9. The van der Waals surface area contributed by atoms with E-state index in [1.807, 2.05) is 18.2 Å². The van der Waals surface area contributed by atoms with E-state index in [0.29, 0.717) is 11.6 Å². The van der Waals surface area contributed by atoms with Crippen molar-refractivity contribution >= 4 is 49.2 Å². The average molecular weight is 382 g/mol. The Morgan fingerprint density at radius 1 is 1.53 bits per heavy atom. The molecule has 0 N–H and O–H groups in total. The highest BCUT2D eigenvalue weighted by Crippen LogP contribution is 2.39. The van der Waals surface area contributed by atoms with Crippen LogP contribution in [0.2, 0.25) is 5.02 Å². The molecule has 1 heterocycles. The van der Waals surface area contributed by atoms with E-state index in [4.69, 9.17) is 16.3 Å². The predicted molar refractivity (Wildman–Crippen MR) is 75.2 cm³/mol. The van der Waals surface area contributed by atoms with Crippen molar-refractivity contribution in [2.24, 2.45) is 0 Å². The van der Waals surface area contributed by atoms with Crippen LogP contribution in [0.1, 0.15) is 17.3 Å². The number of carbonyl (C=O) groups excluding carboxylic acids is 1. The van der Waals surface area contributed by atoms with E-state index in [-0.39, 0.29) is 15.4 Å². The van der Waals surface area contributed by atoms with Crippen LogP contribution in [0.15, 0.2) is 24.3 Å². The average Bonchev–Trinajstić information content (AvgIpc) is 3.06. The Bertz CT molecular complexity index is 446. The summed E-state index contributed by atoms with van der Waals surface area (Å²) < 4.78 is 5.16. The van der Waals surface area contributed by atoms with Gasteiger partial charge in [0.25, 0.3) is 0 Å². The topological polar surface area (TPSA) is 29.6 Å². The molecule has 0 unspecified atom stereocenters. The number of halogens is 3. The number of Topliss-reactive ketones (excluding diaryl/α,β-unsaturated/α-hetero) is 1. The lowest BCUT2D eigenvalue weighted by molar-refractivity contribution is -0.122. The molecule has 1 aromatic rings. The van der Waals surface area contributed by atoms with Crippen molar-refractivity contribution in [1.29, 1.82) is 0 Å². The Balaban J connectivity index is 2.14. The molecule has 17 heavy (non-hydrogen) atoms. The van der Waals surface area contributed by atoms with E-state index in [0.717, 1.165) is 5.56 Å². The Morgan fingerprint density at radius 2 is 2.18 bits per heavy atom. The van der Waals surface area contributed by atoms with Crippen molar-refractivity contribution in [3.05, 3.63) is 34.9 Å². The molecule has 1 saturated heterocycles. The fourth-order valence-corrected chi connectivity index (χ4v) is 3.04. The van der Waals surface area contributed by atoms with Gasteiger partial charge in [0.1, 0.15) is 5.60 Å². The Morgan fingerprint density at radius 3 is 2.71 bits per heavy atom. The third-order valence-corrected chi connectivity index (χ3v) is 5.72. The maximum Gasteiger partial charge on any atom is 0.181 e. The van der Waals surface area contributed by atoms with Gasteiger partial charge in [0.05, 0.1) is 16.3 Å². The summed E-state index contributed by atoms with van der Waals surface area (Å²) in [5.74, 6) is 0.0550. The van der Waals surface area contributed by atoms with Crippen molar-refractivity contribution in [3.8, 4) is 0 Å². The van der Waals surface area contributed by atoms with Gasteiger partial charge < -0.3 is 4.74 Å². The maximum absolute atomic E-state index is 12.1. The highest BCUT2D eigenvalue weighted by molar-refractivity contribution is 9.12. The van der Waals surface area contributed by atoms with Crippen LogP contribution in [0.5, 0.6) is 0 Å². The second-order valence-corrected chi connectivity index (χ2v) is 6.65. The fourth-order valence-electron chi connectivity index (χ4n) is 1.52. The van der Waals surface area contributed by atoms with E-state index >= 15 is 0 Å². The van der Waals surface area contributed by atoms with Crippen molar-refractivity contribution < 1.29 is 9.53 Å². The summed E-state index contributed by atoms with van der Waals surface area (Å²) in [6.07, 6.45) is 0. The van der Waals surface area contributed by atoms with Crippen LogP contribution in [-0.4, -0.2) is 22.8 Å². The Kier molecular flexibility index (Phi) is 3.98. The fraction of sp³-hybridized carbons (Fsp3) is 0.417. The highest BCUT2D eigenvalue weighted by Gasteiger charge is 2.50. The zero-order valence-corrected chi connectivity index (χ0v) is 13.0. The number of hydrogen-bond acceptors (Lipinski definition) is 2. The van der Waals surface area contributed by atoms with Gasteiger partial charge in [0.2, 0.25) is 0 Å². The standard InChI is InChI=1S/C12H11Br2ClO2/c1-12(6-17-12)11(16)10(14)9(13)7-3-2-4-8(15)5-7/h2-5,9-10H,6H2,1H3/t9-,10-,12+/m1/s1. The third-order valence-electron chi connectivity index (χ3n) is 2.77.